The second-order valence-electron chi connectivity index (χ2n) is 4.57. The standard InChI is InChI=1S/C15H15Cl2NO3S/c1-3-10-4-7-14(21-2)15(8-10)22(19,20)18-13-9-11(16)5-6-12(13)17/h4-9,18H,3H2,1-2H3. The van der Waals surface area contributed by atoms with Gasteiger partial charge in [0, 0.05) is 5.02 Å². The summed E-state index contributed by atoms with van der Waals surface area (Å²) in [6.45, 7) is 1.94. The van der Waals surface area contributed by atoms with Crippen LogP contribution in [0.1, 0.15) is 12.5 Å². The maximum Gasteiger partial charge on any atom is 0.265 e. The van der Waals surface area contributed by atoms with E-state index in [1.54, 1.807) is 18.2 Å². The summed E-state index contributed by atoms with van der Waals surface area (Å²) in [6.07, 6.45) is 0.713. The summed E-state index contributed by atoms with van der Waals surface area (Å²) in [5, 5.41) is 0.648. The Morgan fingerprint density at radius 2 is 1.86 bits per heavy atom. The number of anilines is 1. The number of halogens is 2. The fourth-order valence-electron chi connectivity index (χ4n) is 1.93. The smallest absolute Gasteiger partial charge is 0.265 e. The van der Waals surface area contributed by atoms with Gasteiger partial charge >= 0.3 is 0 Å². The van der Waals surface area contributed by atoms with Gasteiger partial charge in [-0.2, -0.15) is 0 Å². The molecule has 0 spiro atoms. The zero-order chi connectivity index (χ0) is 16.3. The Hall–Kier alpha value is -1.43. The molecule has 118 valence electrons. The van der Waals surface area contributed by atoms with E-state index in [0.717, 1.165) is 5.56 Å². The molecule has 0 saturated heterocycles. The zero-order valence-electron chi connectivity index (χ0n) is 12.1. The van der Waals surface area contributed by atoms with Crippen molar-refractivity contribution in [2.45, 2.75) is 18.2 Å². The van der Waals surface area contributed by atoms with Gasteiger partial charge in [-0.25, -0.2) is 8.42 Å². The Kier molecular flexibility index (Phi) is 5.21. The van der Waals surface area contributed by atoms with Crippen LogP contribution in [-0.2, 0) is 16.4 Å². The van der Waals surface area contributed by atoms with Crippen molar-refractivity contribution in [2.75, 3.05) is 11.8 Å². The van der Waals surface area contributed by atoms with Crippen molar-refractivity contribution in [3.63, 3.8) is 0 Å². The molecule has 0 saturated carbocycles. The van der Waals surface area contributed by atoms with Crippen molar-refractivity contribution in [3.8, 4) is 5.75 Å². The van der Waals surface area contributed by atoms with Crippen LogP contribution in [0.2, 0.25) is 10.0 Å². The van der Waals surface area contributed by atoms with E-state index in [-0.39, 0.29) is 21.4 Å². The molecule has 0 amide bonds. The van der Waals surface area contributed by atoms with Crippen LogP contribution < -0.4 is 9.46 Å². The minimum Gasteiger partial charge on any atom is -0.495 e. The summed E-state index contributed by atoms with van der Waals surface area (Å²) in [5.74, 6) is 0.267. The van der Waals surface area contributed by atoms with Gasteiger partial charge in [-0.15, -0.1) is 0 Å². The van der Waals surface area contributed by atoms with Crippen LogP contribution in [0.4, 0.5) is 5.69 Å². The Bertz CT molecular complexity index is 791. The number of rotatable bonds is 5. The van der Waals surface area contributed by atoms with Gasteiger partial charge in [0.1, 0.15) is 10.6 Å². The van der Waals surface area contributed by atoms with Crippen molar-refractivity contribution in [3.05, 3.63) is 52.0 Å². The molecule has 0 fully saturated rings. The van der Waals surface area contributed by atoms with Crippen LogP contribution in [0.15, 0.2) is 41.3 Å². The minimum atomic E-state index is -3.85. The second-order valence-corrected chi connectivity index (χ2v) is 7.06. The maximum atomic E-state index is 12.6. The summed E-state index contributed by atoms with van der Waals surface area (Å²) in [5.41, 5.74) is 1.11. The van der Waals surface area contributed by atoms with Gasteiger partial charge in [-0.05, 0) is 42.3 Å². The first-order chi connectivity index (χ1) is 10.4. The molecule has 0 aliphatic rings. The van der Waals surface area contributed by atoms with E-state index in [1.165, 1.54) is 19.2 Å². The lowest BCUT2D eigenvalue weighted by Gasteiger charge is -2.13. The quantitative estimate of drug-likeness (QED) is 0.862. The first kappa shape index (κ1) is 16.9. The highest BCUT2D eigenvalue weighted by Crippen LogP contribution is 2.31. The summed E-state index contributed by atoms with van der Waals surface area (Å²) in [7, 11) is -2.42. The molecule has 0 aliphatic heterocycles. The van der Waals surface area contributed by atoms with Gasteiger partial charge in [0.2, 0.25) is 0 Å². The van der Waals surface area contributed by atoms with Crippen LogP contribution in [-0.4, -0.2) is 15.5 Å². The molecule has 0 heterocycles. The molecule has 0 aromatic heterocycles. The lowest BCUT2D eigenvalue weighted by Crippen LogP contribution is -2.14. The third kappa shape index (κ3) is 3.66. The monoisotopic (exact) mass is 359 g/mol. The van der Waals surface area contributed by atoms with Crippen molar-refractivity contribution < 1.29 is 13.2 Å². The fourth-order valence-corrected chi connectivity index (χ4v) is 3.61. The van der Waals surface area contributed by atoms with Crippen LogP contribution in [0.25, 0.3) is 0 Å². The van der Waals surface area contributed by atoms with Gasteiger partial charge in [-0.1, -0.05) is 36.2 Å². The van der Waals surface area contributed by atoms with E-state index >= 15 is 0 Å². The first-order valence-corrected chi connectivity index (χ1v) is 8.76. The van der Waals surface area contributed by atoms with Crippen LogP contribution >= 0.6 is 23.2 Å². The molecular formula is C15H15Cl2NO3S. The predicted molar refractivity (Wildman–Crippen MR) is 89.6 cm³/mol. The molecule has 1 N–H and O–H groups in total. The van der Waals surface area contributed by atoms with E-state index in [4.69, 9.17) is 27.9 Å². The number of sulfonamides is 1. The van der Waals surface area contributed by atoms with Gasteiger partial charge in [0.15, 0.2) is 0 Å². The number of hydrogen-bond donors (Lipinski definition) is 1. The first-order valence-electron chi connectivity index (χ1n) is 6.52. The molecule has 4 nitrogen and oxygen atoms in total. The zero-order valence-corrected chi connectivity index (χ0v) is 14.4. The average molecular weight is 360 g/mol. The number of ether oxygens (including phenoxy) is 1. The molecule has 2 rings (SSSR count). The molecular weight excluding hydrogens is 345 g/mol. The van der Waals surface area contributed by atoms with Crippen molar-refractivity contribution in [2.24, 2.45) is 0 Å². The average Bonchev–Trinajstić information content (AvgIpc) is 2.50. The summed E-state index contributed by atoms with van der Waals surface area (Å²) < 4.78 is 32.8. The van der Waals surface area contributed by atoms with Gasteiger partial charge in [-0.3, -0.25) is 4.72 Å². The molecule has 0 radical (unpaired) electrons. The van der Waals surface area contributed by atoms with E-state index in [0.29, 0.717) is 11.4 Å². The second kappa shape index (κ2) is 6.77. The third-order valence-corrected chi connectivity index (χ3v) is 5.05. The molecule has 0 bridgehead atoms. The highest BCUT2D eigenvalue weighted by Gasteiger charge is 2.21. The highest BCUT2D eigenvalue weighted by atomic mass is 35.5. The highest BCUT2D eigenvalue weighted by molar-refractivity contribution is 7.92. The number of hydrogen-bond acceptors (Lipinski definition) is 3. The summed E-state index contributed by atoms with van der Waals surface area (Å²) in [4.78, 5) is 0.0605. The predicted octanol–water partition coefficient (Wildman–Crippen LogP) is 4.37. The third-order valence-electron chi connectivity index (χ3n) is 3.10. The van der Waals surface area contributed by atoms with E-state index < -0.39 is 10.0 Å². The Morgan fingerprint density at radius 1 is 1.14 bits per heavy atom. The van der Waals surface area contributed by atoms with Crippen molar-refractivity contribution in [1.82, 2.24) is 0 Å². The van der Waals surface area contributed by atoms with E-state index in [1.807, 2.05) is 13.0 Å². The Morgan fingerprint density at radius 3 is 2.50 bits per heavy atom. The Balaban J connectivity index is 2.48. The van der Waals surface area contributed by atoms with Gasteiger partial charge in [0.05, 0.1) is 17.8 Å². The number of benzene rings is 2. The van der Waals surface area contributed by atoms with Gasteiger partial charge in [0.25, 0.3) is 10.0 Å². The van der Waals surface area contributed by atoms with Crippen molar-refractivity contribution >= 4 is 38.9 Å². The van der Waals surface area contributed by atoms with E-state index in [2.05, 4.69) is 4.72 Å². The normalized spacial score (nSPS) is 11.3. The molecule has 2 aromatic carbocycles. The molecule has 22 heavy (non-hydrogen) atoms. The molecule has 0 unspecified atom stereocenters. The Labute approximate surface area is 140 Å². The van der Waals surface area contributed by atoms with Crippen LogP contribution in [0, 0.1) is 0 Å². The largest absolute Gasteiger partial charge is 0.495 e. The minimum absolute atomic E-state index is 0.0605. The molecule has 7 heteroatoms. The van der Waals surface area contributed by atoms with E-state index in [9.17, 15) is 8.42 Å². The summed E-state index contributed by atoms with van der Waals surface area (Å²) >= 11 is 11.9. The molecule has 0 aliphatic carbocycles. The number of methoxy groups -OCH3 is 1. The lowest BCUT2D eigenvalue weighted by atomic mass is 10.2. The SMILES string of the molecule is CCc1ccc(OC)c(S(=O)(=O)Nc2cc(Cl)ccc2Cl)c1. The summed E-state index contributed by atoms with van der Waals surface area (Å²) in [6, 6.07) is 9.61. The topological polar surface area (TPSA) is 55.4 Å². The number of aryl methyl sites for hydroxylation is 1. The fraction of sp³-hybridized carbons (Fsp3) is 0.200. The van der Waals surface area contributed by atoms with Crippen LogP contribution in [0.5, 0.6) is 5.75 Å². The number of nitrogens with one attached hydrogen (secondary N) is 1. The molecule has 2 aromatic rings. The van der Waals surface area contributed by atoms with Crippen molar-refractivity contribution in [1.29, 1.82) is 0 Å². The van der Waals surface area contributed by atoms with Crippen LogP contribution in [0.3, 0.4) is 0 Å². The maximum absolute atomic E-state index is 12.6. The van der Waals surface area contributed by atoms with Gasteiger partial charge < -0.3 is 4.74 Å². The lowest BCUT2D eigenvalue weighted by molar-refractivity contribution is 0.402. The molecule has 0 atom stereocenters.